The molecule has 3 aliphatic carbocycles. The Bertz CT molecular complexity index is 1120. The molecule has 0 radical (unpaired) electrons. The molecule has 242 valence electrons. The van der Waals surface area contributed by atoms with Crippen molar-refractivity contribution in [2.75, 3.05) is 0 Å². The van der Waals surface area contributed by atoms with Gasteiger partial charge in [-0.15, -0.1) is 0 Å². The van der Waals surface area contributed by atoms with Gasteiger partial charge in [0.25, 0.3) is 0 Å². The fourth-order valence-electron chi connectivity index (χ4n) is 8.06. The van der Waals surface area contributed by atoms with Gasteiger partial charge in [-0.05, 0) is 100 Å². The molecule has 0 amide bonds. The molecule has 1 unspecified atom stereocenters. The van der Waals surface area contributed by atoms with E-state index >= 15 is 0 Å². The monoisotopic (exact) mass is 606 g/mol. The third-order valence-electron chi connectivity index (χ3n) is 10.5. The number of hydrogen-bond acceptors (Lipinski definition) is 9. The lowest BCUT2D eigenvalue weighted by atomic mass is 9.60. The minimum atomic E-state index is -1.88. The number of carboxylic acid groups (broad SMARTS) is 1. The van der Waals surface area contributed by atoms with E-state index in [0.29, 0.717) is 12.3 Å². The molecule has 43 heavy (non-hydrogen) atoms. The second-order valence-electron chi connectivity index (χ2n) is 14.0. The zero-order valence-corrected chi connectivity index (χ0v) is 25.8. The van der Waals surface area contributed by atoms with E-state index < -0.39 is 54.2 Å². The SMILES string of the molecule is C=C1CC[C@H](O)C/C1=C/C=C1\CCC[C@]2(C)[C@@H]([C@H](C)C[C@H](OC3O[C@H](C(=O)O)[C@@H](O)[C@H](O)[C@H]3O)C(=O)C(C)(C)O)CC[C@@H]12. The number of carbonyl (C=O) groups excluding carboxylic acids is 1. The Labute approximate surface area is 254 Å². The molecule has 0 aromatic carbocycles. The van der Waals surface area contributed by atoms with Gasteiger partial charge in [-0.1, -0.05) is 43.7 Å². The van der Waals surface area contributed by atoms with Gasteiger partial charge in [0.15, 0.2) is 18.2 Å². The summed E-state index contributed by atoms with van der Waals surface area (Å²) in [6.07, 6.45) is 1.13. The van der Waals surface area contributed by atoms with Gasteiger partial charge in [-0.3, -0.25) is 4.79 Å². The third kappa shape index (κ3) is 7.16. The Balaban J connectivity index is 1.53. The number of ketones is 1. The molecule has 0 aromatic rings. The van der Waals surface area contributed by atoms with Crippen LogP contribution in [0.5, 0.6) is 0 Å². The van der Waals surface area contributed by atoms with Crippen molar-refractivity contribution < 1.29 is 49.7 Å². The van der Waals surface area contributed by atoms with E-state index in [1.54, 1.807) is 0 Å². The highest BCUT2D eigenvalue weighted by Gasteiger charge is 2.53. The molecule has 0 aromatic heterocycles. The van der Waals surface area contributed by atoms with Gasteiger partial charge in [0.1, 0.15) is 30.0 Å². The number of fused-ring (bicyclic) bond motifs is 1. The van der Waals surface area contributed by atoms with Crippen LogP contribution in [-0.4, -0.2) is 90.9 Å². The number of rotatable bonds is 9. The van der Waals surface area contributed by atoms with Crippen molar-refractivity contribution in [1.82, 2.24) is 0 Å². The number of allylic oxidation sites excluding steroid dienone is 4. The van der Waals surface area contributed by atoms with Crippen LogP contribution in [0.2, 0.25) is 0 Å². The molecular weight excluding hydrogens is 556 g/mol. The van der Waals surface area contributed by atoms with Gasteiger partial charge < -0.3 is 40.1 Å². The number of carboxylic acids is 1. The van der Waals surface area contributed by atoms with Gasteiger partial charge in [0.05, 0.1) is 6.10 Å². The molecule has 0 spiro atoms. The van der Waals surface area contributed by atoms with Crippen molar-refractivity contribution in [3.05, 3.63) is 35.5 Å². The first-order valence-electron chi connectivity index (χ1n) is 15.6. The summed E-state index contributed by atoms with van der Waals surface area (Å²) in [6, 6.07) is 0. The molecule has 4 aliphatic rings. The molecule has 6 N–H and O–H groups in total. The van der Waals surface area contributed by atoms with E-state index in [1.807, 2.05) is 0 Å². The van der Waals surface area contributed by atoms with Crippen molar-refractivity contribution in [2.24, 2.45) is 23.2 Å². The zero-order chi connectivity index (χ0) is 31.9. The fraction of sp³-hybridized carbons (Fsp3) is 0.758. The van der Waals surface area contributed by atoms with Crippen LogP contribution in [0.15, 0.2) is 35.5 Å². The number of Topliss-reactive ketones (excluding diaryl/α,β-unsaturated/α-hetero) is 1. The largest absolute Gasteiger partial charge is 0.479 e. The predicted molar refractivity (Wildman–Crippen MR) is 158 cm³/mol. The highest BCUT2D eigenvalue weighted by atomic mass is 16.7. The number of aliphatic hydroxyl groups excluding tert-OH is 4. The quantitative estimate of drug-likeness (QED) is 0.229. The first kappa shape index (κ1) is 34.0. The van der Waals surface area contributed by atoms with Gasteiger partial charge in [-0.25, -0.2) is 4.79 Å². The molecule has 1 saturated heterocycles. The molecule has 1 heterocycles. The van der Waals surface area contributed by atoms with E-state index in [9.17, 15) is 40.2 Å². The molecule has 3 saturated carbocycles. The summed E-state index contributed by atoms with van der Waals surface area (Å²) in [7, 11) is 0. The maximum Gasteiger partial charge on any atom is 0.335 e. The number of aliphatic carboxylic acids is 1. The lowest BCUT2D eigenvalue weighted by molar-refractivity contribution is -0.303. The predicted octanol–water partition coefficient (Wildman–Crippen LogP) is 2.80. The number of hydrogen-bond donors (Lipinski definition) is 6. The maximum absolute atomic E-state index is 13.4. The fourth-order valence-corrected chi connectivity index (χ4v) is 8.06. The highest BCUT2D eigenvalue weighted by molar-refractivity contribution is 5.90. The van der Waals surface area contributed by atoms with Crippen LogP contribution in [0.25, 0.3) is 0 Å². The normalized spacial score (nSPS) is 40.3. The smallest absolute Gasteiger partial charge is 0.335 e. The second kappa shape index (κ2) is 13.2. The third-order valence-corrected chi connectivity index (χ3v) is 10.5. The van der Waals surface area contributed by atoms with Crippen molar-refractivity contribution in [1.29, 1.82) is 0 Å². The lowest BCUT2D eigenvalue weighted by Crippen LogP contribution is -2.61. The van der Waals surface area contributed by atoms with Crippen LogP contribution in [0.1, 0.15) is 85.5 Å². The van der Waals surface area contributed by atoms with Crippen molar-refractivity contribution in [3.8, 4) is 0 Å². The van der Waals surface area contributed by atoms with Crippen LogP contribution in [0, 0.1) is 23.2 Å². The summed E-state index contributed by atoms with van der Waals surface area (Å²) >= 11 is 0. The topological polar surface area (TPSA) is 174 Å². The average Bonchev–Trinajstić information content (AvgIpc) is 3.29. The lowest BCUT2D eigenvalue weighted by Gasteiger charge is -2.45. The summed E-state index contributed by atoms with van der Waals surface area (Å²) in [5, 5.41) is 61.0. The average molecular weight is 607 g/mol. The summed E-state index contributed by atoms with van der Waals surface area (Å²) in [6.45, 7) is 11.2. The van der Waals surface area contributed by atoms with Crippen LogP contribution in [0.3, 0.4) is 0 Å². The molecule has 11 atom stereocenters. The summed E-state index contributed by atoms with van der Waals surface area (Å²) in [4.78, 5) is 25.0. The molecule has 4 fully saturated rings. The molecule has 10 nitrogen and oxygen atoms in total. The van der Waals surface area contributed by atoms with Crippen LogP contribution < -0.4 is 0 Å². The molecular formula is C33H50O10. The van der Waals surface area contributed by atoms with Gasteiger partial charge in [-0.2, -0.15) is 0 Å². The number of ether oxygens (including phenoxy) is 2. The Kier molecular flexibility index (Phi) is 10.4. The Hall–Kier alpha value is -1.92. The minimum Gasteiger partial charge on any atom is -0.479 e. The summed E-state index contributed by atoms with van der Waals surface area (Å²) in [5.74, 6) is -1.63. The maximum atomic E-state index is 13.4. The van der Waals surface area contributed by atoms with E-state index in [4.69, 9.17) is 9.47 Å². The van der Waals surface area contributed by atoms with E-state index in [-0.39, 0.29) is 29.8 Å². The highest BCUT2D eigenvalue weighted by Crippen LogP contribution is 2.60. The van der Waals surface area contributed by atoms with E-state index in [0.717, 1.165) is 56.1 Å². The minimum absolute atomic E-state index is 0.0248. The van der Waals surface area contributed by atoms with Gasteiger partial charge in [0, 0.05) is 0 Å². The van der Waals surface area contributed by atoms with E-state index in [1.165, 1.54) is 19.4 Å². The van der Waals surface area contributed by atoms with Gasteiger partial charge >= 0.3 is 5.97 Å². The zero-order valence-electron chi connectivity index (χ0n) is 25.8. The van der Waals surface area contributed by atoms with Crippen molar-refractivity contribution >= 4 is 11.8 Å². The Morgan fingerprint density at radius 3 is 2.44 bits per heavy atom. The van der Waals surface area contributed by atoms with Crippen LogP contribution >= 0.6 is 0 Å². The van der Waals surface area contributed by atoms with E-state index in [2.05, 4.69) is 32.6 Å². The van der Waals surface area contributed by atoms with Crippen LogP contribution in [-0.2, 0) is 19.1 Å². The van der Waals surface area contributed by atoms with Crippen LogP contribution in [0.4, 0.5) is 0 Å². The Morgan fingerprint density at radius 1 is 1.09 bits per heavy atom. The Morgan fingerprint density at radius 2 is 1.79 bits per heavy atom. The summed E-state index contributed by atoms with van der Waals surface area (Å²) in [5.41, 5.74) is 1.80. The van der Waals surface area contributed by atoms with Gasteiger partial charge in [0.2, 0.25) is 0 Å². The molecule has 0 bridgehead atoms. The molecule has 4 rings (SSSR count). The summed E-state index contributed by atoms with van der Waals surface area (Å²) < 4.78 is 11.2. The molecule has 1 aliphatic heterocycles. The molecule has 10 heteroatoms. The second-order valence-corrected chi connectivity index (χ2v) is 14.0. The first-order chi connectivity index (χ1) is 20.0. The number of carbonyl (C=O) groups is 2. The van der Waals surface area contributed by atoms with Crippen molar-refractivity contribution in [2.45, 2.75) is 134 Å². The standard InChI is InChI=1S/C33H50O10/c1-17-8-11-21(34)16-20(17)10-9-19-7-6-14-33(5)22(12-13-23(19)33)18(2)15-24(29(38)32(3,4)41)42-31-27(37)25(35)26(36)28(43-31)30(39)40/h9-10,18,21-28,31,34-37,41H,1,6-8,11-16H2,2-5H3,(H,39,40)/b19-9+,20-10-/t18-,21+,22-,23+,24+,25+,26+,27-,28+,31?,33-/m1/s1. The number of aliphatic hydroxyl groups is 5. The van der Waals surface area contributed by atoms with Crippen molar-refractivity contribution in [3.63, 3.8) is 0 Å². The first-order valence-corrected chi connectivity index (χ1v) is 15.6.